The Morgan fingerprint density at radius 3 is 2.62 bits per heavy atom. The molecule has 1 atom stereocenters. The average Bonchev–Trinajstić information content (AvgIpc) is 3.41. The van der Waals surface area contributed by atoms with Gasteiger partial charge in [-0.25, -0.2) is 0 Å². The highest BCUT2D eigenvalue weighted by molar-refractivity contribution is 7.16. The van der Waals surface area contributed by atoms with Crippen molar-refractivity contribution in [1.29, 1.82) is 0 Å². The van der Waals surface area contributed by atoms with Gasteiger partial charge in [0.25, 0.3) is 5.91 Å². The zero-order valence-electron chi connectivity index (χ0n) is 17.1. The third-order valence-corrected chi connectivity index (χ3v) is 6.94. The zero-order chi connectivity index (χ0) is 20.2. The molecular weight excluding hydrogens is 380 g/mol. The van der Waals surface area contributed by atoms with E-state index in [0.717, 1.165) is 30.4 Å². The summed E-state index contributed by atoms with van der Waals surface area (Å²) in [6.07, 6.45) is 4.90. The van der Waals surface area contributed by atoms with E-state index in [0.29, 0.717) is 5.76 Å². The number of amides is 1. The minimum Gasteiger partial charge on any atom is -0.459 e. The van der Waals surface area contributed by atoms with E-state index in [1.165, 1.54) is 35.1 Å². The van der Waals surface area contributed by atoms with Gasteiger partial charge in [-0.15, -0.1) is 11.3 Å². The Morgan fingerprint density at radius 1 is 1.21 bits per heavy atom. The largest absolute Gasteiger partial charge is 0.459 e. The van der Waals surface area contributed by atoms with E-state index in [-0.39, 0.29) is 11.9 Å². The van der Waals surface area contributed by atoms with Gasteiger partial charge in [0.2, 0.25) is 0 Å². The lowest BCUT2D eigenvalue weighted by molar-refractivity contribution is 0.0996. The highest BCUT2D eigenvalue weighted by Gasteiger charge is 2.29. The Kier molecular flexibility index (Phi) is 6.16. The minimum atomic E-state index is -0.195. The van der Waals surface area contributed by atoms with Crippen molar-refractivity contribution in [3.63, 3.8) is 0 Å². The Hall–Kier alpha value is -2.37. The molecule has 1 aromatic carbocycles. The summed E-state index contributed by atoms with van der Waals surface area (Å²) >= 11 is 1.67. The number of hydrogen-bond donors (Lipinski definition) is 1. The maximum atomic E-state index is 12.7. The number of anilines is 1. The van der Waals surface area contributed by atoms with Gasteiger partial charge in [-0.3, -0.25) is 9.69 Å². The van der Waals surface area contributed by atoms with Gasteiger partial charge in [0.15, 0.2) is 5.76 Å². The second-order valence-electron chi connectivity index (χ2n) is 7.81. The third kappa shape index (κ3) is 4.46. The molecule has 29 heavy (non-hydrogen) atoms. The molecule has 5 heteroatoms. The molecule has 3 heterocycles. The fourth-order valence-electron chi connectivity index (χ4n) is 4.02. The van der Waals surface area contributed by atoms with Crippen molar-refractivity contribution in [2.24, 2.45) is 5.92 Å². The van der Waals surface area contributed by atoms with Crippen LogP contribution in [0.4, 0.5) is 5.00 Å². The first kappa shape index (κ1) is 19.9. The molecule has 1 fully saturated rings. The Balaban J connectivity index is 1.71. The van der Waals surface area contributed by atoms with E-state index in [4.69, 9.17) is 4.42 Å². The van der Waals surface area contributed by atoms with Crippen LogP contribution < -0.4 is 5.32 Å². The lowest BCUT2D eigenvalue weighted by Gasteiger charge is -2.37. The number of likely N-dealkylation sites (tertiary alicyclic amines) is 1. The number of piperidine rings is 1. The van der Waals surface area contributed by atoms with E-state index in [1.54, 1.807) is 23.5 Å². The molecule has 2 aromatic heterocycles. The summed E-state index contributed by atoms with van der Waals surface area (Å²) in [7, 11) is 0. The van der Waals surface area contributed by atoms with Crippen LogP contribution in [-0.4, -0.2) is 23.9 Å². The fraction of sp³-hybridized carbons (Fsp3) is 0.375. The molecule has 1 saturated heterocycles. The summed E-state index contributed by atoms with van der Waals surface area (Å²) in [6, 6.07) is 16.5. The summed E-state index contributed by atoms with van der Waals surface area (Å²) in [4.78, 5) is 16.5. The molecule has 0 aliphatic carbocycles. The van der Waals surface area contributed by atoms with Crippen LogP contribution >= 0.6 is 11.3 Å². The van der Waals surface area contributed by atoms with Crippen molar-refractivity contribution in [1.82, 2.24) is 4.90 Å². The summed E-state index contributed by atoms with van der Waals surface area (Å²) in [5.41, 5.74) is 2.46. The maximum absolute atomic E-state index is 12.7. The molecule has 3 aromatic rings. The van der Waals surface area contributed by atoms with Crippen molar-refractivity contribution >= 4 is 22.2 Å². The molecule has 4 nitrogen and oxygen atoms in total. The summed E-state index contributed by atoms with van der Waals surface area (Å²) in [5.74, 6) is 0.916. The standard InChI is InChI=1S/C24H28N2O2S/c1-3-19-16-20(24(29-19)25-23(27)21-10-7-15-28-21)22(18-8-5-4-6-9-18)26-13-11-17(2)12-14-26/h4-10,15-17,22H,3,11-14H2,1-2H3,(H,25,27)/t22-/m1/s1. The predicted octanol–water partition coefficient (Wildman–Crippen LogP) is 5.98. The molecule has 152 valence electrons. The van der Waals surface area contributed by atoms with Crippen LogP contribution in [0.2, 0.25) is 0 Å². The van der Waals surface area contributed by atoms with Gasteiger partial charge in [-0.05, 0) is 62.0 Å². The summed E-state index contributed by atoms with van der Waals surface area (Å²) in [6.45, 7) is 6.64. The van der Waals surface area contributed by atoms with E-state index in [2.05, 4.69) is 60.5 Å². The van der Waals surface area contributed by atoms with Gasteiger partial charge in [-0.1, -0.05) is 44.2 Å². The van der Waals surface area contributed by atoms with Gasteiger partial charge in [0.05, 0.1) is 12.3 Å². The highest BCUT2D eigenvalue weighted by Crippen LogP contribution is 2.40. The number of nitrogens with zero attached hydrogens (tertiary/aromatic N) is 1. The molecule has 1 aliphatic heterocycles. The average molecular weight is 409 g/mol. The van der Waals surface area contributed by atoms with Crippen LogP contribution in [0.1, 0.15) is 59.3 Å². The second kappa shape index (κ2) is 8.97. The molecule has 1 aliphatic rings. The predicted molar refractivity (Wildman–Crippen MR) is 119 cm³/mol. The van der Waals surface area contributed by atoms with Crippen molar-refractivity contribution in [3.8, 4) is 0 Å². The quantitative estimate of drug-likeness (QED) is 0.546. The van der Waals surface area contributed by atoms with Crippen molar-refractivity contribution in [3.05, 3.63) is 76.6 Å². The minimum absolute atomic E-state index is 0.146. The number of nitrogens with one attached hydrogen (secondary N) is 1. The van der Waals surface area contributed by atoms with E-state index in [9.17, 15) is 4.79 Å². The normalized spacial score (nSPS) is 16.6. The van der Waals surface area contributed by atoms with Gasteiger partial charge in [0, 0.05) is 10.4 Å². The number of benzene rings is 1. The van der Waals surface area contributed by atoms with Crippen molar-refractivity contribution in [2.75, 3.05) is 18.4 Å². The van der Waals surface area contributed by atoms with Crippen LogP contribution in [0.5, 0.6) is 0 Å². The smallest absolute Gasteiger partial charge is 0.291 e. The first-order valence-electron chi connectivity index (χ1n) is 10.4. The van der Waals surface area contributed by atoms with Crippen LogP contribution in [0.15, 0.2) is 59.2 Å². The summed E-state index contributed by atoms with van der Waals surface area (Å²) in [5, 5.41) is 4.05. The number of rotatable bonds is 6. The number of carbonyl (C=O) groups is 1. The fourth-order valence-corrected chi connectivity index (χ4v) is 5.04. The molecule has 0 bridgehead atoms. The van der Waals surface area contributed by atoms with E-state index >= 15 is 0 Å². The molecule has 4 rings (SSSR count). The molecule has 1 N–H and O–H groups in total. The Labute approximate surface area is 176 Å². The number of thiophene rings is 1. The van der Waals surface area contributed by atoms with Crippen molar-refractivity contribution < 1.29 is 9.21 Å². The number of aryl methyl sites for hydroxylation is 1. The lowest BCUT2D eigenvalue weighted by atomic mass is 9.92. The first-order chi connectivity index (χ1) is 14.2. The molecule has 0 saturated carbocycles. The third-order valence-electron chi connectivity index (χ3n) is 5.73. The van der Waals surface area contributed by atoms with Gasteiger partial charge < -0.3 is 9.73 Å². The molecule has 0 spiro atoms. The molecule has 0 unspecified atom stereocenters. The molecule has 1 amide bonds. The first-order valence-corrected chi connectivity index (χ1v) is 11.2. The van der Waals surface area contributed by atoms with Crippen LogP contribution in [-0.2, 0) is 6.42 Å². The summed E-state index contributed by atoms with van der Waals surface area (Å²) < 4.78 is 5.30. The zero-order valence-corrected chi connectivity index (χ0v) is 17.9. The van der Waals surface area contributed by atoms with Crippen LogP contribution in [0, 0.1) is 5.92 Å². The second-order valence-corrected chi connectivity index (χ2v) is 8.95. The monoisotopic (exact) mass is 408 g/mol. The Bertz CT molecular complexity index is 925. The van der Waals surface area contributed by atoms with Crippen molar-refractivity contribution in [2.45, 2.75) is 39.2 Å². The number of hydrogen-bond acceptors (Lipinski definition) is 4. The maximum Gasteiger partial charge on any atom is 0.291 e. The number of furan rings is 1. The van der Waals surface area contributed by atoms with Gasteiger partial charge in [0.1, 0.15) is 5.00 Å². The Morgan fingerprint density at radius 2 is 1.97 bits per heavy atom. The number of carbonyl (C=O) groups excluding carboxylic acids is 1. The molecule has 0 radical (unpaired) electrons. The van der Waals surface area contributed by atoms with Gasteiger partial charge >= 0.3 is 0 Å². The van der Waals surface area contributed by atoms with Crippen LogP contribution in [0.25, 0.3) is 0 Å². The highest BCUT2D eigenvalue weighted by atomic mass is 32.1. The van der Waals surface area contributed by atoms with E-state index in [1.807, 2.05) is 0 Å². The topological polar surface area (TPSA) is 45.5 Å². The van der Waals surface area contributed by atoms with Gasteiger partial charge in [-0.2, -0.15) is 0 Å². The van der Waals surface area contributed by atoms with Crippen LogP contribution in [0.3, 0.4) is 0 Å². The lowest BCUT2D eigenvalue weighted by Crippen LogP contribution is -2.37. The SMILES string of the molecule is CCc1cc([C@@H](c2ccccc2)N2CCC(C)CC2)c(NC(=O)c2ccco2)s1. The van der Waals surface area contributed by atoms with E-state index < -0.39 is 0 Å². The molecular formula is C24H28N2O2S.